The Kier molecular flexibility index (Phi) is 3.74. The van der Waals surface area contributed by atoms with E-state index in [1.165, 1.54) is 24.3 Å². The molecule has 1 aromatic heterocycles. The maximum atomic E-state index is 12.3. The van der Waals surface area contributed by atoms with E-state index in [1.807, 2.05) is 19.9 Å². The molecule has 0 aliphatic heterocycles. The van der Waals surface area contributed by atoms with Gasteiger partial charge < -0.3 is 14.6 Å². The Hall–Kier alpha value is -3.26. The van der Waals surface area contributed by atoms with Gasteiger partial charge in [-0.25, -0.2) is 0 Å². The van der Waals surface area contributed by atoms with Gasteiger partial charge in [0.1, 0.15) is 22.8 Å². The van der Waals surface area contributed by atoms with E-state index in [0.29, 0.717) is 27.7 Å². The quantitative estimate of drug-likeness (QED) is 0.747. The molecule has 24 heavy (non-hydrogen) atoms. The van der Waals surface area contributed by atoms with Crippen molar-refractivity contribution in [3.8, 4) is 28.9 Å². The third kappa shape index (κ3) is 2.59. The molecule has 0 unspecified atom stereocenters. The number of hydrogen-bond donors (Lipinski definition) is 2. The van der Waals surface area contributed by atoms with Crippen LogP contribution >= 0.6 is 0 Å². The lowest BCUT2D eigenvalue weighted by Crippen LogP contribution is -2.01. The van der Waals surface area contributed by atoms with E-state index in [9.17, 15) is 15.0 Å². The molecule has 0 amide bonds. The van der Waals surface area contributed by atoms with Gasteiger partial charge in [-0.3, -0.25) is 4.79 Å². The summed E-state index contributed by atoms with van der Waals surface area (Å²) in [7, 11) is 0. The first-order valence-electron chi connectivity index (χ1n) is 7.45. The van der Waals surface area contributed by atoms with E-state index in [0.717, 1.165) is 0 Å². The Balaban J connectivity index is 2.21. The maximum absolute atomic E-state index is 12.3. The molecule has 0 saturated carbocycles. The first-order valence-corrected chi connectivity index (χ1v) is 7.45. The molecule has 0 aliphatic carbocycles. The summed E-state index contributed by atoms with van der Waals surface area (Å²) in [5, 5.41) is 29.5. The van der Waals surface area contributed by atoms with E-state index < -0.39 is 0 Å². The Morgan fingerprint density at radius 1 is 1.08 bits per heavy atom. The molecular formula is C19H15NO4. The van der Waals surface area contributed by atoms with Crippen molar-refractivity contribution in [3.05, 3.63) is 57.7 Å². The summed E-state index contributed by atoms with van der Waals surface area (Å²) in [4.78, 5) is 12.3. The highest BCUT2D eigenvalue weighted by Gasteiger charge is 2.16. The number of phenols is 2. The van der Waals surface area contributed by atoms with E-state index in [1.54, 1.807) is 12.1 Å². The van der Waals surface area contributed by atoms with Gasteiger partial charge in [-0.1, -0.05) is 13.8 Å². The van der Waals surface area contributed by atoms with Gasteiger partial charge in [-0.05, 0) is 36.2 Å². The van der Waals surface area contributed by atoms with Crippen molar-refractivity contribution in [2.75, 3.05) is 0 Å². The standard InChI is InChI=1S/C19H15NO4/c1-10(2)19-15(22)6-12(7-16(19)23)18-8-14(21)13-5-11(9-20)3-4-17(13)24-18/h3-8,10,22-23H,1-2H3. The van der Waals surface area contributed by atoms with Crippen molar-refractivity contribution < 1.29 is 14.6 Å². The Labute approximate surface area is 138 Å². The number of benzene rings is 2. The van der Waals surface area contributed by atoms with Crippen LogP contribution in [0.2, 0.25) is 0 Å². The second kappa shape index (κ2) is 5.74. The summed E-state index contributed by atoms with van der Waals surface area (Å²) in [6.07, 6.45) is 0. The summed E-state index contributed by atoms with van der Waals surface area (Å²) in [5.41, 5.74) is 1.26. The highest BCUT2D eigenvalue weighted by atomic mass is 16.3. The molecule has 0 bridgehead atoms. The van der Waals surface area contributed by atoms with Crippen LogP contribution in [0.15, 0.2) is 45.6 Å². The predicted molar refractivity (Wildman–Crippen MR) is 90.1 cm³/mol. The van der Waals surface area contributed by atoms with Crippen LogP contribution in [-0.4, -0.2) is 10.2 Å². The molecule has 0 aliphatic rings. The Morgan fingerprint density at radius 2 is 1.75 bits per heavy atom. The van der Waals surface area contributed by atoms with Crippen LogP contribution in [0.25, 0.3) is 22.3 Å². The Morgan fingerprint density at radius 3 is 2.33 bits per heavy atom. The molecule has 5 nitrogen and oxygen atoms in total. The summed E-state index contributed by atoms with van der Waals surface area (Å²) in [5.74, 6) is 0.0790. The van der Waals surface area contributed by atoms with Crippen LogP contribution in [0.1, 0.15) is 30.9 Å². The van der Waals surface area contributed by atoms with Crippen LogP contribution in [0, 0.1) is 11.3 Å². The van der Waals surface area contributed by atoms with Crippen LogP contribution in [-0.2, 0) is 0 Å². The molecule has 3 rings (SSSR count). The number of nitrogens with zero attached hydrogens (tertiary/aromatic N) is 1. The van der Waals surface area contributed by atoms with Gasteiger partial charge in [0.05, 0.1) is 17.0 Å². The topological polar surface area (TPSA) is 94.5 Å². The number of phenolic OH excluding ortho intramolecular Hbond substituents is 2. The van der Waals surface area contributed by atoms with Gasteiger partial charge in [0.2, 0.25) is 0 Å². The van der Waals surface area contributed by atoms with E-state index in [-0.39, 0.29) is 28.6 Å². The fraction of sp³-hybridized carbons (Fsp3) is 0.158. The van der Waals surface area contributed by atoms with Gasteiger partial charge in [-0.2, -0.15) is 5.26 Å². The van der Waals surface area contributed by atoms with Crippen molar-refractivity contribution in [2.24, 2.45) is 0 Å². The molecule has 0 radical (unpaired) electrons. The van der Waals surface area contributed by atoms with Crippen molar-refractivity contribution >= 4 is 11.0 Å². The van der Waals surface area contributed by atoms with Crippen LogP contribution in [0.4, 0.5) is 0 Å². The molecule has 1 heterocycles. The van der Waals surface area contributed by atoms with E-state index in [2.05, 4.69) is 0 Å². The molecule has 3 aromatic rings. The molecule has 5 heteroatoms. The molecule has 0 saturated heterocycles. The van der Waals surface area contributed by atoms with Gasteiger partial charge in [0, 0.05) is 17.2 Å². The zero-order chi connectivity index (χ0) is 17.4. The van der Waals surface area contributed by atoms with Gasteiger partial charge in [0.15, 0.2) is 5.43 Å². The smallest absolute Gasteiger partial charge is 0.193 e. The van der Waals surface area contributed by atoms with Crippen molar-refractivity contribution in [1.82, 2.24) is 0 Å². The lowest BCUT2D eigenvalue weighted by molar-refractivity contribution is 0.433. The summed E-state index contributed by atoms with van der Waals surface area (Å²) in [6, 6.07) is 10.8. The second-order valence-corrected chi connectivity index (χ2v) is 5.88. The van der Waals surface area contributed by atoms with Gasteiger partial charge in [0.25, 0.3) is 0 Å². The zero-order valence-electron chi connectivity index (χ0n) is 13.2. The first kappa shape index (κ1) is 15.6. The van der Waals surface area contributed by atoms with Crippen LogP contribution < -0.4 is 5.43 Å². The summed E-state index contributed by atoms with van der Waals surface area (Å²) in [6.45, 7) is 3.72. The van der Waals surface area contributed by atoms with E-state index >= 15 is 0 Å². The fourth-order valence-corrected chi connectivity index (χ4v) is 2.72. The average molecular weight is 321 g/mol. The number of hydrogen-bond acceptors (Lipinski definition) is 5. The summed E-state index contributed by atoms with van der Waals surface area (Å²) >= 11 is 0. The minimum atomic E-state index is -0.296. The third-order valence-electron chi connectivity index (χ3n) is 3.85. The van der Waals surface area contributed by atoms with E-state index in [4.69, 9.17) is 9.68 Å². The number of aromatic hydroxyl groups is 2. The summed E-state index contributed by atoms with van der Waals surface area (Å²) < 4.78 is 5.71. The average Bonchev–Trinajstić information content (AvgIpc) is 2.53. The molecule has 2 aromatic carbocycles. The number of nitriles is 1. The van der Waals surface area contributed by atoms with Crippen molar-refractivity contribution in [3.63, 3.8) is 0 Å². The normalized spacial score (nSPS) is 10.9. The molecule has 0 atom stereocenters. The van der Waals surface area contributed by atoms with Gasteiger partial charge >= 0.3 is 0 Å². The predicted octanol–water partition coefficient (Wildman–Crippen LogP) is 3.87. The molecule has 120 valence electrons. The minimum absolute atomic E-state index is 0.0490. The highest BCUT2D eigenvalue weighted by Crippen LogP contribution is 2.38. The molecular weight excluding hydrogens is 306 g/mol. The second-order valence-electron chi connectivity index (χ2n) is 5.88. The highest BCUT2D eigenvalue weighted by molar-refractivity contribution is 5.80. The zero-order valence-corrected chi connectivity index (χ0v) is 13.2. The van der Waals surface area contributed by atoms with Crippen LogP contribution in [0.5, 0.6) is 11.5 Å². The minimum Gasteiger partial charge on any atom is -0.507 e. The number of fused-ring (bicyclic) bond motifs is 1. The third-order valence-corrected chi connectivity index (χ3v) is 3.85. The maximum Gasteiger partial charge on any atom is 0.193 e. The van der Waals surface area contributed by atoms with Gasteiger partial charge in [-0.15, -0.1) is 0 Å². The van der Waals surface area contributed by atoms with Crippen molar-refractivity contribution in [2.45, 2.75) is 19.8 Å². The lowest BCUT2D eigenvalue weighted by atomic mass is 9.98. The molecule has 0 fully saturated rings. The lowest BCUT2D eigenvalue weighted by Gasteiger charge is -2.12. The number of rotatable bonds is 2. The first-order chi connectivity index (χ1) is 11.4. The SMILES string of the molecule is CC(C)c1c(O)cc(-c2cc(=O)c3cc(C#N)ccc3o2)cc1O. The molecule has 2 N–H and O–H groups in total. The Bertz CT molecular complexity index is 1020. The largest absolute Gasteiger partial charge is 0.507 e. The molecule has 0 spiro atoms. The monoisotopic (exact) mass is 321 g/mol. The van der Waals surface area contributed by atoms with Crippen molar-refractivity contribution in [1.29, 1.82) is 5.26 Å². The van der Waals surface area contributed by atoms with Crippen LogP contribution in [0.3, 0.4) is 0 Å². The fourth-order valence-electron chi connectivity index (χ4n) is 2.72.